The summed E-state index contributed by atoms with van der Waals surface area (Å²) in [5.41, 5.74) is 2.02. The Bertz CT molecular complexity index is 531. The van der Waals surface area contributed by atoms with Crippen molar-refractivity contribution in [2.24, 2.45) is 7.05 Å². The van der Waals surface area contributed by atoms with Gasteiger partial charge in [-0.2, -0.15) is 5.10 Å². The number of Topliss-reactive ketones (excluding diaryl/α,β-unsaturated/α-hetero) is 1. The molecule has 0 amide bonds. The molecule has 1 heterocycles. The first-order valence-corrected chi connectivity index (χ1v) is 5.28. The van der Waals surface area contributed by atoms with Crippen molar-refractivity contribution in [2.45, 2.75) is 6.92 Å². The molecule has 2 aromatic rings. The molecule has 82 valence electrons. The minimum atomic E-state index is -0.0723. The average Bonchev–Trinajstić information content (AvgIpc) is 2.57. The highest BCUT2D eigenvalue weighted by atomic mass is 35.5. The number of rotatable bonds is 2. The molecule has 0 aliphatic heterocycles. The fourth-order valence-corrected chi connectivity index (χ4v) is 1.87. The molecule has 0 unspecified atom stereocenters. The third-order valence-corrected chi connectivity index (χ3v) is 2.81. The smallest absolute Gasteiger partial charge is 0.165 e. The van der Waals surface area contributed by atoms with E-state index in [2.05, 4.69) is 5.10 Å². The Kier molecular flexibility index (Phi) is 2.79. The van der Waals surface area contributed by atoms with Gasteiger partial charge in [0, 0.05) is 12.6 Å². The molecule has 0 radical (unpaired) electrons. The van der Waals surface area contributed by atoms with Crippen molar-refractivity contribution in [3.63, 3.8) is 0 Å². The van der Waals surface area contributed by atoms with Crippen molar-refractivity contribution >= 4 is 17.4 Å². The Hall–Kier alpha value is -1.61. The standard InChI is InChI=1S/C12H11ClN2O/c1-8(16)10-11(14-15(2)12(10)13)9-6-4-3-5-7-9/h3-7H,1-2H3. The normalized spacial score (nSPS) is 10.4. The number of hydrogen-bond donors (Lipinski definition) is 0. The molecule has 4 heteroatoms. The number of hydrogen-bond acceptors (Lipinski definition) is 2. The summed E-state index contributed by atoms with van der Waals surface area (Å²) in [5, 5.41) is 4.65. The molecule has 0 aliphatic carbocycles. The summed E-state index contributed by atoms with van der Waals surface area (Å²) < 4.78 is 1.51. The zero-order valence-corrected chi connectivity index (χ0v) is 9.82. The SMILES string of the molecule is CC(=O)c1c(-c2ccccc2)nn(C)c1Cl. The quantitative estimate of drug-likeness (QED) is 0.749. The third-order valence-electron chi connectivity index (χ3n) is 2.38. The topological polar surface area (TPSA) is 34.9 Å². The first-order chi connectivity index (χ1) is 7.61. The van der Waals surface area contributed by atoms with Crippen molar-refractivity contribution in [2.75, 3.05) is 0 Å². The average molecular weight is 235 g/mol. The van der Waals surface area contributed by atoms with Crippen LogP contribution in [0.2, 0.25) is 5.15 Å². The van der Waals surface area contributed by atoms with Crippen LogP contribution >= 0.6 is 11.6 Å². The van der Waals surface area contributed by atoms with Crippen LogP contribution in [0.15, 0.2) is 30.3 Å². The molecular weight excluding hydrogens is 224 g/mol. The van der Waals surface area contributed by atoms with Gasteiger partial charge in [0.2, 0.25) is 0 Å². The minimum Gasteiger partial charge on any atom is -0.294 e. The second-order valence-electron chi connectivity index (χ2n) is 3.56. The second-order valence-corrected chi connectivity index (χ2v) is 3.92. The van der Waals surface area contributed by atoms with Crippen molar-refractivity contribution in [1.82, 2.24) is 9.78 Å². The summed E-state index contributed by atoms with van der Waals surface area (Å²) in [7, 11) is 1.72. The third kappa shape index (κ3) is 1.74. The van der Waals surface area contributed by atoms with Crippen LogP contribution in [0.3, 0.4) is 0 Å². The zero-order valence-electron chi connectivity index (χ0n) is 9.07. The van der Waals surface area contributed by atoms with Gasteiger partial charge in [-0.15, -0.1) is 0 Å². The van der Waals surface area contributed by atoms with Gasteiger partial charge in [0.25, 0.3) is 0 Å². The molecule has 1 aromatic heterocycles. The van der Waals surface area contributed by atoms with Crippen LogP contribution in [-0.4, -0.2) is 15.6 Å². The maximum Gasteiger partial charge on any atom is 0.165 e. The number of ketones is 1. The molecule has 0 saturated heterocycles. The van der Waals surface area contributed by atoms with E-state index in [4.69, 9.17) is 11.6 Å². The highest BCUT2D eigenvalue weighted by Gasteiger charge is 2.19. The van der Waals surface area contributed by atoms with Crippen molar-refractivity contribution in [3.8, 4) is 11.3 Å². The van der Waals surface area contributed by atoms with Crippen molar-refractivity contribution in [1.29, 1.82) is 0 Å². The van der Waals surface area contributed by atoms with E-state index in [9.17, 15) is 4.79 Å². The Morgan fingerprint density at radius 1 is 1.31 bits per heavy atom. The molecule has 1 aromatic carbocycles. The Balaban J connectivity index is 2.66. The molecule has 0 fully saturated rings. The van der Waals surface area contributed by atoms with Crippen LogP contribution in [0.5, 0.6) is 0 Å². The molecule has 0 bridgehead atoms. The second kappa shape index (κ2) is 4.10. The van der Waals surface area contributed by atoms with E-state index in [-0.39, 0.29) is 5.78 Å². The van der Waals surface area contributed by atoms with Crippen LogP contribution in [0.4, 0.5) is 0 Å². The largest absolute Gasteiger partial charge is 0.294 e. The molecule has 2 rings (SSSR count). The highest BCUT2D eigenvalue weighted by Crippen LogP contribution is 2.28. The molecule has 3 nitrogen and oxygen atoms in total. The molecule has 0 saturated carbocycles. The number of nitrogens with zero attached hydrogens (tertiary/aromatic N) is 2. The van der Waals surface area contributed by atoms with Crippen LogP contribution in [0, 0.1) is 0 Å². The predicted octanol–water partition coefficient (Wildman–Crippen LogP) is 2.94. The van der Waals surface area contributed by atoms with Gasteiger partial charge in [0.05, 0.1) is 5.56 Å². The summed E-state index contributed by atoms with van der Waals surface area (Å²) in [6.07, 6.45) is 0. The summed E-state index contributed by atoms with van der Waals surface area (Å²) in [4.78, 5) is 11.5. The van der Waals surface area contributed by atoms with E-state index in [1.807, 2.05) is 30.3 Å². The number of aromatic nitrogens is 2. The van der Waals surface area contributed by atoms with Gasteiger partial charge >= 0.3 is 0 Å². The van der Waals surface area contributed by atoms with Gasteiger partial charge < -0.3 is 0 Å². The van der Waals surface area contributed by atoms with E-state index in [0.29, 0.717) is 16.4 Å². The van der Waals surface area contributed by atoms with Gasteiger partial charge in [-0.25, -0.2) is 0 Å². The van der Waals surface area contributed by atoms with Crippen LogP contribution in [-0.2, 0) is 7.05 Å². The lowest BCUT2D eigenvalue weighted by molar-refractivity contribution is 0.101. The maximum absolute atomic E-state index is 11.5. The minimum absolute atomic E-state index is 0.0723. The van der Waals surface area contributed by atoms with Gasteiger partial charge in [0.15, 0.2) is 5.78 Å². The van der Waals surface area contributed by atoms with Crippen LogP contribution < -0.4 is 0 Å². The van der Waals surface area contributed by atoms with E-state index >= 15 is 0 Å². The first-order valence-electron chi connectivity index (χ1n) is 4.90. The number of benzene rings is 1. The summed E-state index contributed by atoms with van der Waals surface area (Å²) in [6, 6.07) is 9.54. The molecular formula is C12H11ClN2O. The molecule has 0 N–H and O–H groups in total. The molecule has 16 heavy (non-hydrogen) atoms. The fraction of sp³-hybridized carbons (Fsp3) is 0.167. The molecule has 0 spiro atoms. The number of halogens is 1. The van der Waals surface area contributed by atoms with Gasteiger partial charge in [0.1, 0.15) is 10.8 Å². The summed E-state index contributed by atoms with van der Waals surface area (Å²) >= 11 is 6.04. The Morgan fingerprint density at radius 2 is 1.94 bits per heavy atom. The monoisotopic (exact) mass is 234 g/mol. The molecule has 0 atom stereocenters. The lowest BCUT2D eigenvalue weighted by Gasteiger charge is -1.98. The first kappa shape index (κ1) is 10.9. The van der Waals surface area contributed by atoms with Crippen molar-refractivity contribution < 1.29 is 4.79 Å². The van der Waals surface area contributed by atoms with Crippen LogP contribution in [0.25, 0.3) is 11.3 Å². The zero-order chi connectivity index (χ0) is 11.7. The highest BCUT2D eigenvalue weighted by molar-refractivity contribution is 6.33. The van der Waals surface area contributed by atoms with Gasteiger partial charge in [-0.3, -0.25) is 9.48 Å². The summed E-state index contributed by atoms with van der Waals surface area (Å²) in [5.74, 6) is -0.0723. The van der Waals surface area contributed by atoms with Gasteiger partial charge in [-0.1, -0.05) is 41.9 Å². The van der Waals surface area contributed by atoms with E-state index in [0.717, 1.165) is 5.56 Å². The predicted molar refractivity (Wildman–Crippen MR) is 63.7 cm³/mol. The number of carbonyl (C=O) groups is 1. The molecule has 0 aliphatic rings. The number of aryl methyl sites for hydroxylation is 1. The Labute approximate surface area is 98.7 Å². The Morgan fingerprint density at radius 3 is 2.50 bits per heavy atom. The van der Waals surface area contributed by atoms with Gasteiger partial charge in [-0.05, 0) is 6.92 Å². The van der Waals surface area contributed by atoms with Crippen LogP contribution in [0.1, 0.15) is 17.3 Å². The van der Waals surface area contributed by atoms with Crippen molar-refractivity contribution in [3.05, 3.63) is 41.0 Å². The summed E-state index contributed by atoms with van der Waals surface area (Å²) in [6.45, 7) is 1.50. The maximum atomic E-state index is 11.5. The fourth-order valence-electron chi connectivity index (χ4n) is 1.61. The van der Waals surface area contributed by atoms with E-state index in [1.54, 1.807) is 7.05 Å². The lowest BCUT2D eigenvalue weighted by atomic mass is 10.1. The lowest BCUT2D eigenvalue weighted by Crippen LogP contribution is -1.94. The van der Waals surface area contributed by atoms with E-state index in [1.165, 1.54) is 11.6 Å². The number of carbonyl (C=O) groups excluding carboxylic acids is 1. The van der Waals surface area contributed by atoms with E-state index < -0.39 is 0 Å².